The number of nitrogens with zero attached hydrogens (tertiary/aromatic N) is 4. The van der Waals surface area contributed by atoms with Crippen LogP contribution in [0.1, 0.15) is 24.9 Å². The Kier molecular flexibility index (Phi) is 6.57. The van der Waals surface area contributed by atoms with Gasteiger partial charge in [0, 0.05) is 31.1 Å². The number of nitro groups is 1. The van der Waals surface area contributed by atoms with Gasteiger partial charge in [-0.05, 0) is 30.7 Å². The van der Waals surface area contributed by atoms with Gasteiger partial charge in [0.25, 0.3) is 5.69 Å². The predicted octanol–water partition coefficient (Wildman–Crippen LogP) is 5.23. The number of benzene rings is 2. The quantitative estimate of drug-likeness (QED) is 0.317. The van der Waals surface area contributed by atoms with E-state index in [1.54, 1.807) is 0 Å². The summed E-state index contributed by atoms with van der Waals surface area (Å²) in [6.45, 7) is 2.66. The van der Waals surface area contributed by atoms with Gasteiger partial charge in [-0.15, -0.1) is 5.11 Å². The minimum Gasteiger partial charge on any atom is -0.309 e. The Bertz CT molecular complexity index is 815. The minimum atomic E-state index is -0.517. The summed E-state index contributed by atoms with van der Waals surface area (Å²) < 4.78 is 0. The third-order valence-corrected chi connectivity index (χ3v) is 3.80. The van der Waals surface area contributed by atoms with E-state index in [9.17, 15) is 10.1 Å². The monoisotopic (exact) mass is 357 g/mol. The fourth-order valence-electron chi connectivity index (χ4n) is 2.09. The average Bonchev–Trinajstić information content (AvgIpc) is 2.61. The second-order valence-corrected chi connectivity index (χ2v) is 5.68. The lowest BCUT2D eigenvalue weighted by atomic mass is 10.1. The molecule has 128 valence electrons. The molecule has 0 saturated heterocycles. The Morgan fingerprint density at radius 3 is 2.60 bits per heavy atom. The highest BCUT2D eigenvalue weighted by molar-refractivity contribution is 6.33. The molecule has 2 rings (SSSR count). The Balaban J connectivity index is 2.04. The first-order valence-corrected chi connectivity index (χ1v) is 7.95. The maximum atomic E-state index is 10.7. The summed E-state index contributed by atoms with van der Waals surface area (Å²) in [5.74, 6) is 0. The van der Waals surface area contributed by atoms with Gasteiger partial charge in [-0.1, -0.05) is 23.7 Å². The molecule has 25 heavy (non-hydrogen) atoms. The highest BCUT2D eigenvalue weighted by Crippen LogP contribution is 2.30. The van der Waals surface area contributed by atoms with Crippen LogP contribution >= 0.6 is 11.6 Å². The molecule has 0 radical (unpaired) electrons. The molecule has 0 amide bonds. The van der Waals surface area contributed by atoms with E-state index in [0.29, 0.717) is 24.3 Å². The van der Waals surface area contributed by atoms with Crippen LogP contribution in [0.5, 0.6) is 0 Å². The van der Waals surface area contributed by atoms with Crippen LogP contribution < -0.4 is 5.32 Å². The molecule has 0 heterocycles. The van der Waals surface area contributed by atoms with Crippen LogP contribution in [0.15, 0.2) is 52.7 Å². The van der Waals surface area contributed by atoms with Crippen LogP contribution in [0, 0.1) is 21.4 Å². The van der Waals surface area contributed by atoms with Crippen LogP contribution in [0.4, 0.5) is 17.1 Å². The Labute approximate surface area is 150 Å². The van der Waals surface area contributed by atoms with E-state index in [0.717, 1.165) is 5.56 Å². The molecule has 0 aliphatic heterocycles. The molecule has 0 spiro atoms. The first-order chi connectivity index (χ1) is 12.0. The summed E-state index contributed by atoms with van der Waals surface area (Å²) in [5, 5.41) is 30.8. The summed E-state index contributed by atoms with van der Waals surface area (Å²) in [7, 11) is 0. The SMILES string of the molecule is CC(NCCC#N)c1ccc(N=Nc2ccc([N+](=O)[O-])cc2Cl)cc1. The molecule has 0 bridgehead atoms. The smallest absolute Gasteiger partial charge is 0.271 e. The van der Waals surface area contributed by atoms with Gasteiger partial charge in [0.15, 0.2) is 0 Å². The molecule has 2 aromatic carbocycles. The van der Waals surface area contributed by atoms with Crippen molar-refractivity contribution in [2.24, 2.45) is 10.2 Å². The summed E-state index contributed by atoms with van der Waals surface area (Å²) in [5.41, 5.74) is 1.99. The second-order valence-electron chi connectivity index (χ2n) is 5.27. The Hall–Kier alpha value is -2.82. The van der Waals surface area contributed by atoms with Crippen LogP contribution in [-0.4, -0.2) is 11.5 Å². The van der Waals surface area contributed by atoms with Crippen molar-refractivity contribution in [3.63, 3.8) is 0 Å². The summed E-state index contributed by atoms with van der Waals surface area (Å²) in [6, 6.07) is 13.7. The molecule has 2 aromatic rings. The van der Waals surface area contributed by atoms with E-state index in [4.69, 9.17) is 16.9 Å². The standard InChI is InChI=1S/C17H16ClN5O2/c1-12(20-10-2-9-19)13-3-5-14(6-4-13)21-22-17-8-7-15(23(24)25)11-16(17)18/h3-8,11-12,20H,2,10H2,1H3. The molecule has 1 unspecified atom stereocenters. The largest absolute Gasteiger partial charge is 0.309 e. The van der Waals surface area contributed by atoms with E-state index in [2.05, 4.69) is 21.6 Å². The van der Waals surface area contributed by atoms with Gasteiger partial charge in [0.2, 0.25) is 0 Å². The normalized spacial score (nSPS) is 12.0. The van der Waals surface area contributed by atoms with Crippen molar-refractivity contribution in [2.45, 2.75) is 19.4 Å². The maximum Gasteiger partial charge on any atom is 0.271 e. The predicted molar refractivity (Wildman–Crippen MR) is 95.4 cm³/mol. The molecule has 7 nitrogen and oxygen atoms in total. The van der Waals surface area contributed by atoms with Crippen LogP contribution in [0.25, 0.3) is 0 Å². The number of non-ortho nitro benzene ring substituents is 1. The number of azo groups is 1. The average molecular weight is 358 g/mol. The van der Waals surface area contributed by atoms with Crippen LogP contribution in [0.3, 0.4) is 0 Å². The van der Waals surface area contributed by atoms with Crippen LogP contribution in [0.2, 0.25) is 5.02 Å². The Morgan fingerprint density at radius 1 is 1.28 bits per heavy atom. The molecule has 0 fully saturated rings. The summed E-state index contributed by atoms with van der Waals surface area (Å²) in [6.07, 6.45) is 0.465. The van der Waals surface area contributed by atoms with Gasteiger partial charge >= 0.3 is 0 Å². The first kappa shape index (κ1) is 18.5. The van der Waals surface area contributed by atoms with Crippen molar-refractivity contribution >= 4 is 28.7 Å². The number of nitro benzene ring substituents is 1. The fraction of sp³-hybridized carbons (Fsp3) is 0.235. The van der Waals surface area contributed by atoms with Gasteiger partial charge < -0.3 is 5.32 Å². The molecule has 8 heteroatoms. The summed E-state index contributed by atoms with van der Waals surface area (Å²) in [4.78, 5) is 10.2. The molecule has 0 aliphatic rings. The number of halogens is 1. The van der Waals surface area contributed by atoms with Crippen molar-refractivity contribution in [2.75, 3.05) is 6.54 Å². The number of nitriles is 1. The van der Waals surface area contributed by atoms with Crippen molar-refractivity contribution < 1.29 is 4.92 Å². The van der Waals surface area contributed by atoms with Crippen molar-refractivity contribution in [1.82, 2.24) is 5.32 Å². The maximum absolute atomic E-state index is 10.7. The van der Waals surface area contributed by atoms with Crippen LogP contribution in [-0.2, 0) is 0 Å². The van der Waals surface area contributed by atoms with E-state index in [1.165, 1.54) is 18.2 Å². The van der Waals surface area contributed by atoms with E-state index >= 15 is 0 Å². The van der Waals surface area contributed by atoms with E-state index < -0.39 is 4.92 Å². The fourth-order valence-corrected chi connectivity index (χ4v) is 2.31. The topological polar surface area (TPSA) is 104 Å². The highest BCUT2D eigenvalue weighted by atomic mass is 35.5. The molecular weight excluding hydrogens is 342 g/mol. The molecular formula is C17H16ClN5O2. The van der Waals surface area contributed by atoms with Gasteiger partial charge in [-0.2, -0.15) is 10.4 Å². The molecule has 1 N–H and O–H groups in total. The zero-order valence-electron chi connectivity index (χ0n) is 13.5. The zero-order chi connectivity index (χ0) is 18.2. The lowest BCUT2D eigenvalue weighted by Gasteiger charge is -2.12. The molecule has 1 atom stereocenters. The first-order valence-electron chi connectivity index (χ1n) is 7.57. The lowest BCUT2D eigenvalue weighted by Crippen LogP contribution is -2.19. The highest BCUT2D eigenvalue weighted by Gasteiger charge is 2.09. The van der Waals surface area contributed by atoms with Crippen molar-refractivity contribution in [3.8, 4) is 6.07 Å². The summed E-state index contributed by atoms with van der Waals surface area (Å²) >= 11 is 5.98. The Morgan fingerprint density at radius 2 is 2.00 bits per heavy atom. The van der Waals surface area contributed by atoms with Gasteiger partial charge in [0.1, 0.15) is 5.69 Å². The second kappa shape index (κ2) is 8.87. The number of nitrogens with one attached hydrogen (secondary N) is 1. The molecule has 0 saturated carbocycles. The molecule has 0 aliphatic carbocycles. The molecule has 0 aromatic heterocycles. The van der Waals surface area contributed by atoms with Crippen molar-refractivity contribution in [3.05, 3.63) is 63.2 Å². The number of rotatable bonds is 7. The third kappa shape index (κ3) is 5.35. The van der Waals surface area contributed by atoms with Crippen molar-refractivity contribution in [1.29, 1.82) is 5.26 Å². The van der Waals surface area contributed by atoms with Gasteiger partial charge in [0.05, 0.1) is 21.7 Å². The zero-order valence-corrected chi connectivity index (χ0v) is 14.3. The minimum absolute atomic E-state index is 0.0915. The van der Waals surface area contributed by atoms with Gasteiger partial charge in [-0.3, -0.25) is 10.1 Å². The van der Waals surface area contributed by atoms with E-state index in [1.807, 2.05) is 31.2 Å². The van der Waals surface area contributed by atoms with Gasteiger partial charge in [-0.25, -0.2) is 0 Å². The number of hydrogen-bond donors (Lipinski definition) is 1. The van der Waals surface area contributed by atoms with E-state index in [-0.39, 0.29) is 16.8 Å². The number of hydrogen-bond acceptors (Lipinski definition) is 6. The third-order valence-electron chi connectivity index (χ3n) is 3.50. The lowest BCUT2D eigenvalue weighted by molar-refractivity contribution is -0.384.